The maximum absolute atomic E-state index is 13.2. The average Bonchev–Trinajstić information content (AvgIpc) is 2.68. The van der Waals surface area contributed by atoms with E-state index in [0.717, 1.165) is 68.6 Å². The van der Waals surface area contributed by atoms with Gasteiger partial charge in [-0.15, -0.1) is 11.6 Å². The summed E-state index contributed by atoms with van der Waals surface area (Å²) >= 11 is 12.3. The lowest BCUT2D eigenvalue weighted by Gasteiger charge is -2.39. The molecule has 3 atom stereocenters. The Morgan fingerprint density at radius 3 is 2.55 bits per heavy atom. The van der Waals surface area contributed by atoms with E-state index in [0.29, 0.717) is 0 Å². The van der Waals surface area contributed by atoms with E-state index >= 15 is 0 Å². The number of carbonyl (C=O) groups is 1. The first-order chi connectivity index (χ1) is 13.4. The molecule has 1 heterocycles. The second-order valence-corrected chi connectivity index (χ2v) is 9.93. The van der Waals surface area contributed by atoms with Gasteiger partial charge in [0, 0.05) is 24.7 Å². The van der Waals surface area contributed by atoms with Crippen LogP contribution >= 0.6 is 23.2 Å². The number of nitrogens with zero attached hydrogens (tertiary/aromatic N) is 1. The van der Waals surface area contributed by atoms with Gasteiger partial charge in [-0.3, -0.25) is 4.79 Å². The molecule has 4 nitrogen and oxygen atoms in total. The lowest BCUT2D eigenvalue weighted by atomic mass is 9.78. The maximum Gasteiger partial charge on any atom is 0.239 e. The number of nitrogens with one attached hydrogen (secondary N) is 1. The summed E-state index contributed by atoms with van der Waals surface area (Å²) in [7, 11) is 0. The van der Waals surface area contributed by atoms with Crippen LogP contribution in [0, 0.1) is 17.8 Å². The van der Waals surface area contributed by atoms with Gasteiger partial charge in [-0.1, -0.05) is 55.3 Å². The molecule has 1 aliphatic heterocycles. The molecule has 1 amide bonds. The Hall–Kier alpha value is -0.810. The molecule has 1 saturated heterocycles. The topological polar surface area (TPSA) is 63.8 Å². The molecule has 3 N–H and O–H groups in total. The number of allylic oxidation sites excluding steroid dienone is 5. The number of halogens is 2. The molecular formula is C23H36Cl2N2O2. The largest absolute Gasteiger partial charge is 0.412 e. The molecule has 0 radical (unpaired) electrons. The summed E-state index contributed by atoms with van der Waals surface area (Å²) in [4.78, 5) is 15.3. The third-order valence-corrected chi connectivity index (χ3v) is 7.15. The molecule has 164 valence electrons. The number of rotatable bonds is 6. The third kappa shape index (κ3) is 6.85. The van der Waals surface area contributed by atoms with Crippen LogP contribution in [0.4, 0.5) is 0 Å². The minimum absolute atomic E-state index is 0. The van der Waals surface area contributed by atoms with Crippen LogP contribution in [0.1, 0.15) is 52.4 Å². The van der Waals surface area contributed by atoms with Crippen molar-refractivity contribution in [2.75, 3.05) is 19.6 Å². The quantitative estimate of drug-likeness (QED) is 0.618. The van der Waals surface area contributed by atoms with E-state index in [2.05, 4.69) is 36.2 Å². The fourth-order valence-electron chi connectivity index (χ4n) is 4.72. The Kier molecular flexibility index (Phi) is 9.74. The Bertz CT molecular complexity index is 637. The molecule has 29 heavy (non-hydrogen) atoms. The van der Waals surface area contributed by atoms with Gasteiger partial charge in [-0.2, -0.15) is 0 Å². The molecule has 0 aromatic rings. The Labute approximate surface area is 185 Å². The molecule has 6 heteroatoms. The molecule has 2 aliphatic carbocycles. The first kappa shape index (κ1) is 24.5. The van der Waals surface area contributed by atoms with E-state index < -0.39 is 0 Å². The molecule has 2 unspecified atom stereocenters. The van der Waals surface area contributed by atoms with Gasteiger partial charge in [0.25, 0.3) is 0 Å². The van der Waals surface area contributed by atoms with Crippen molar-refractivity contribution in [1.82, 2.24) is 10.2 Å². The zero-order valence-corrected chi connectivity index (χ0v) is 19.2. The van der Waals surface area contributed by atoms with E-state index in [4.69, 9.17) is 23.2 Å². The zero-order valence-electron chi connectivity index (χ0n) is 17.7. The smallest absolute Gasteiger partial charge is 0.239 e. The molecule has 0 bridgehead atoms. The summed E-state index contributed by atoms with van der Waals surface area (Å²) in [6.07, 6.45) is 14.8. The zero-order chi connectivity index (χ0) is 20.1. The minimum Gasteiger partial charge on any atom is -0.412 e. The average molecular weight is 443 g/mol. The summed E-state index contributed by atoms with van der Waals surface area (Å²) in [5.74, 6) is 2.00. The lowest BCUT2D eigenvalue weighted by molar-refractivity contribution is -0.136. The Morgan fingerprint density at radius 2 is 1.97 bits per heavy atom. The second kappa shape index (κ2) is 11.5. The Balaban J connectivity index is 0.00000300. The SMILES string of the molecule is CC(C)[C@@H](NCC1=CC=CC(Cl)C1)C(=O)N1CCC(C2CC=C(Cl)CC2)CC1.O. The van der Waals surface area contributed by atoms with Gasteiger partial charge in [0.2, 0.25) is 5.91 Å². The maximum atomic E-state index is 13.2. The van der Waals surface area contributed by atoms with Crippen molar-refractivity contribution in [3.8, 4) is 0 Å². The molecule has 1 fully saturated rings. The Morgan fingerprint density at radius 1 is 1.24 bits per heavy atom. The highest BCUT2D eigenvalue weighted by Crippen LogP contribution is 2.36. The molecular weight excluding hydrogens is 407 g/mol. The van der Waals surface area contributed by atoms with Gasteiger partial charge >= 0.3 is 0 Å². The highest BCUT2D eigenvalue weighted by atomic mass is 35.5. The van der Waals surface area contributed by atoms with Crippen molar-refractivity contribution in [3.05, 3.63) is 34.9 Å². The number of alkyl halides is 1. The van der Waals surface area contributed by atoms with Crippen molar-refractivity contribution >= 4 is 29.1 Å². The first-order valence-corrected chi connectivity index (χ1v) is 11.6. The molecule has 0 saturated carbocycles. The molecule has 0 spiro atoms. The first-order valence-electron chi connectivity index (χ1n) is 10.8. The van der Waals surface area contributed by atoms with Crippen LogP contribution in [0.15, 0.2) is 34.9 Å². The van der Waals surface area contributed by atoms with Gasteiger partial charge in [-0.05, 0) is 56.3 Å². The van der Waals surface area contributed by atoms with Gasteiger partial charge < -0.3 is 15.7 Å². The summed E-state index contributed by atoms with van der Waals surface area (Å²) in [5, 5.41) is 4.61. The molecule has 3 rings (SSSR count). The van der Waals surface area contributed by atoms with E-state index in [9.17, 15) is 4.79 Å². The van der Waals surface area contributed by atoms with Crippen LogP contribution < -0.4 is 5.32 Å². The van der Waals surface area contributed by atoms with Crippen LogP contribution in [-0.4, -0.2) is 47.3 Å². The van der Waals surface area contributed by atoms with Crippen LogP contribution in [-0.2, 0) is 4.79 Å². The van der Waals surface area contributed by atoms with E-state index in [-0.39, 0.29) is 28.7 Å². The van der Waals surface area contributed by atoms with E-state index in [1.54, 1.807) is 0 Å². The van der Waals surface area contributed by atoms with Gasteiger partial charge in [0.15, 0.2) is 0 Å². The minimum atomic E-state index is -0.131. The third-order valence-electron chi connectivity index (χ3n) is 6.50. The monoisotopic (exact) mass is 442 g/mol. The van der Waals surface area contributed by atoms with Crippen molar-refractivity contribution in [2.24, 2.45) is 17.8 Å². The summed E-state index contributed by atoms with van der Waals surface area (Å²) in [5.41, 5.74) is 1.27. The van der Waals surface area contributed by atoms with Crippen LogP contribution in [0.3, 0.4) is 0 Å². The van der Waals surface area contributed by atoms with E-state index in [1.807, 2.05) is 12.2 Å². The van der Waals surface area contributed by atoms with Gasteiger partial charge in [0.05, 0.1) is 11.4 Å². The van der Waals surface area contributed by atoms with Crippen LogP contribution in [0.2, 0.25) is 0 Å². The number of likely N-dealkylation sites (tertiary alicyclic amines) is 1. The highest BCUT2D eigenvalue weighted by molar-refractivity contribution is 6.29. The number of piperidine rings is 1. The predicted octanol–water partition coefficient (Wildman–Crippen LogP) is 4.43. The standard InChI is InChI=1S/C23H34Cl2N2O.H2O/c1-16(2)22(26-15-17-4-3-5-21(25)14-17)23(28)27-12-10-19(11-13-27)18-6-8-20(24)9-7-18;/h3-5,8,16,18-19,21-22,26H,6-7,9-15H2,1-2H3;1H2/t18?,21?,22-;/m1./s1. The lowest BCUT2D eigenvalue weighted by Crippen LogP contribution is -2.52. The number of amides is 1. The molecule has 0 aromatic heterocycles. The fraction of sp³-hybridized carbons (Fsp3) is 0.696. The van der Waals surface area contributed by atoms with Crippen molar-refractivity contribution in [3.63, 3.8) is 0 Å². The van der Waals surface area contributed by atoms with E-state index in [1.165, 1.54) is 12.0 Å². The normalized spacial score (nSPS) is 26.6. The van der Waals surface area contributed by atoms with Crippen molar-refractivity contribution < 1.29 is 10.3 Å². The predicted molar refractivity (Wildman–Crippen MR) is 122 cm³/mol. The summed E-state index contributed by atoms with van der Waals surface area (Å²) in [6, 6.07) is -0.131. The van der Waals surface area contributed by atoms with Gasteiger partial charge in [0.1, 0.15) is 0 Å². The van der Waals surface area contributed by atoms with Crippen LogP contribution in [0.25, 0.3) is 0 Å². The van der Waals surface area contributed by atoms with Crippen molar-refractivity contribution in [1.29, 1.82) is 0 Å². The second-order valence-electron chi connectivity index (χ2n) is 8.88. The molecule has 3 aliphatic rings. The summed E-state index contributed by atoms with van der Waals surface area (Å²) < 4.78 is 0. The number of carbonyl (C=O) groups excluding carboxylic acids is 1. The number of hydrogen-bond donors (Lipinski definition) is 1. The highest BCUT2D eigenvalue weighted by Gasteiger charge is 2.32. The van der Waals surface area contributed by atoms with Crippen molar-refractivity contribution in [2.45, 2.75) is 63.8 Å². The van der Waals surface area contributed by atoms with Gasteiger partial charge in [-0.25, -0.2) is 0 Å². The summed E-state index contributed by atoms with van der Waals surface area (Å²) in [6.45, 7) is 6.75. The number of hydrogen-bond acceptors (Lipinski definition) is 2. The fourth-order valence-corrected chi connectivity index (χ4v) is 5.20. The van der Waals surface area contributed by atoms with Crippen LogP contribution in [0.5, 0.6) is 0 Å². The molecule has 0 aromatic carbocycles.